The smallest absolute Gasteiger partial charge is 0.266 e. The van der Waals surface area contributed by atoms with Gasteiger partial charge in [-0.3, -0.25) is 4.79 Å². The Hall–Kier alpha value is -2.59. The summed E-state index contributed by atoms with van der Waals surface area (Å²) in [7, 11) is 0. The first-order chi connectivity index (χ1) is 12.5. The maximum Gasteiger partial charge on any atom is 0.266 e. The zero-order chi connectivity index (χ0) is 18.7. The quantitative estimate of drug-likeness (QED) is 0.704. The summed E-state index contributed by atoms with van der Waals surface area (Å²) in [6.07, 6.45) is 0.770. The van der Waals surface area contributed by atoms with Gasteiger partial charge in [0.05, 0.1) is 12.2 Å². The van der Waals surface area contributed by atoms with Crippen LogP contribution in [0, 0.1) is 20.8 Å². The number of aryl methyl sites for hydroxylation is 1. The third-order valence-electron chi connectivity index (χ3n) is 4.60. The third-order valence-corrected chi connectivity index (χ3v) is 5.01. The number of anilines is 1. The van der Waals surface area contributed by atoms with Crippen LogP contribution in [0.25, 0.3) is 0 Å². The van der Waals surface area contributed by atoms with Crippen LogP contribution in [0.1, 0.15) is 32.9 Å². The molecule has 2 aromatic carbocycles. The summed E-state index contributed by atoms with van der Waals surface area (Å²) in [5.74, 6) is -0.0933. The molecule has 3 aromatic rings. The normalized spacial score (nSPS) is 10.8. The first-order valence-electron chi connectivity index (χ1n) is 8.58. The second-order valence-corrected chi connectivity index (χ2v) is 6.79. The van der Waals surface area contributed by atoms with Crippen molar-refractivity contribution in [2.45, 2.75) is 27.2 Å². The number of benzene rings is 2. The Morgan fingerprint density at radius 3 is 2.54 bits per heavy atom. The summed E-state index contributed by atoms with van der Waals surface area (Å²) in [4.78, 5) is 12.7. The maximum absolute atomic E-state index is 12.7. The number of nitrogens with one attached hydrogen (secondary N) is 1. The first kappa shape index (κ1) is 18.2. The van der Waals surface area contributed by atoms with Crippen LogP contribution in [0.4, 0.5) is 5.69 Å². The minimum atomic E-state index is -0.0933. The Morgan fingerprint density at radius 2 is 1.81 bits per heavy atom. The second kappa shape index (κ2) is 7.75. The number of hydrogen-bond donors (Lipinski definition) is 1. The van der Waals surface area contributed by atoms with Crippen molar-refractivity contribution >= 4 is 23.2 Å². The van der Waals surface area contributed by atoms with Crippen molar-refractivity contribution in [1.82, 2.24) is 9.78 Å². The number of hydrogen-bond acceptors (Lipinski definition) is 3. The lowest BCUT2D eigenvalue weighted by Gasteiger charge is -2.10. The van der Waals surface area contributed by atoms with Crippen molar-refractivity contribution in [3.8, 4) is 0 Å². The minimum absolute atomic E-state index is 0.0933. The first-order valence-corrected chi connectivity index (χ1v) is 8.96. The van der Waals surface area contributed by atoms with Gasteiger partial charge in [0, 0.05) is 28.4 Å². The number of nitrogens with zero attached hydrogens (tertiary/aromatic N) is 2. The average Bonchev–Trinajstić information content (AvgIpc) is 2.92. The third kappa shape index (κ3) is 3.81. The van der Waals surface area contributed by atoms with Gasteiger partial charge in [0.25, 0.3) is 5.91 Å². The summed E-state index contributed by atoms with van der Waals surface area (Å²) < 4.78 is 1.50. The van der Waals surface area contributed by atoms with E-state index in [2.05, 4.69) is 22.5 Å². The lowest BCUT2D eigenvalue weighted by atomic mass is 10.0. The van der Waals surface area contributed by atoms with Crippen molar-refractivity contribution in [2.75, 3.05) is 11.9 Å². The van der Waals surface area contributed by atoms with Crippen molar-refractivity contribution in [3.63, 3.8) is 0 Å². The van der Waals surface area contributed by atoms with E-state index in [1.165, 1.54) is 10.2 Å². The highest BCUT2D eigenvalue weighted by Crippen LogP contribution is 2.23. The van der Waals surface area contributed by atoms with Gasteiger partial charge in [0.1, 0.15) is 0 Å². The van der Waals surface area contributed by atoms with E-state index in [0.29, 0.717) is 5.02 Å². The van der Waals surface area contributed by atoms with Crippen molar-refractivity contribution in [2.24, 2.45) is 0 Å². The van der Waals surface area contributed by atoms with Crippen LogP contribution in [-0.4, -0.2) is 22.2 Å². The number of carbonyl (C=O) groups is 1. The number of aromatic nitrogens is 2. The maximum atomic E-state index is 12.7. The molecule has 0 bridgehead atoms. The predicted octanol–water partition coefficient (Wildman–Crippen LogP) is 4.80. The molecule has 0 aliphatic carbocycles. The minimum Gasteiger partial charge on any atom is -0.376 e. The molecule has 0 amide bonds. The molecule has 0 fully saturated rings. The van der Waals surface area contributed by atoms with Gasteiger partial charge in [-0.15, -0.1) is 0 Å². The summed E-state index contributed by atoms with van der Waals surface area (Å²) >= 11 is 6.13. The van der Waals surface area contributed by atoms with E-state index in [1.54, 1.807) is 0 Å². The fourth-order valence-corrected chi connectivity index (χ4v) is 3.19. The molecule has 134 valence electrons. The molecule has 1 N–H and O–H groups in total. The largest absolute Gasteiger partial charge is 0.376 e. The standard InChI is InChI=1S/C21H22ClN3O/c1-14-19(22)10-7-11-20(14)23-13-21(26)25-16(3)18(15(2)24-25)12-17-8-5-4-6-9-17/h4-11,23H,12-13H2,1-3H3. The molecule has 5 heteroatoms. The molecule has 1 aromatic heterocycles. The van der Waals surface area contributed by atoms with Crippen LogP contribution in [0.5, 0.6) is 0 Å². The van der Waals surface area contributed by atoms with Gasteiger partial charge in [-0.25, -0.2) is 4.68 Å². The zero-order valence-corrected chi connectivity index (χ0v) is 16.0. The highest BCUT2D eigenvalue weighted by Gasteiger charge is 2.17. The van der Waals surface area contributed by atoms with E-state index in [0.717, 1.165) is 34.6 Å². The Morgan fingerprint density at radius 1 is 1.08 bits per heavy atom. The van der Waals surface area contributed by atoms with Gasteiger partial charge in [-0.1, -0.05) is 48.0 Å². The molecule has 26 heavy (non-hydrogen) atoms. The molecular weight excluding hydrogens is 346 g/mol. The van der Waals surface area contributed by atoms with E-state index < -0.39 is 0 Å². The Labute approximate surface area is 158 Å². The fourth-order valence-electron chi connectivity index (χ4n) is 3.02. The summed E-state index contributed by atoms with van der Waals surface area (Å²) in [6, 6.07) is 15.8. The molecule has 4 nitrogen and oxygen atoms in total. The van der Waals surface area contributed by atoms with Crippen molar-refractivity contribution in [1.29, 1.82) is 0 Å². The molecule has 0 unspecified atom stereocenters. The summed E-state index contributed by atoms with van der Waals surface area (Å²) in [5, 5.41) is 8.30. The highest BCUT2D eigenvalue weighted by atomic mass is 35.5. The zero-order valence-electron chi connectivity index (χ0n) is 15.2. The van der Waals surface area contributed by atoms with Gasteiger partial charge in [0.15, 0.2) is 0 Å². The van der Waals surface area contributed by atoms with Gasteiger partial charge in [-0.05, 0) is 44.0 Å². The summed E-state index contributed by atoms with van der Waals surface area (Å²) in [5.41, 5.74) is 5.87. The fraction of sp³-hybridized carbons (Fsp3) is 0.238. The van der Waals surface area contributed by atoms with E-state index in [4.69, 9.17) is 11.6 Å². The van der Waals surface area contributed by atoms with Crippen LogP contribution in [-0.2, 0) is 6.42 Å². The molecule has 0 saturated heterocycles. The topological polar surface area (TPSA) is 46.9 Å². The molecule has 0 atom stereocenters. The Bertz CT molecular complexity index is 932. The molecule has 0 radical (unpaired) electrons. The molecule has 3 rings (SSSR count). The Balaban J connectivity index is 1.76. The predicted molar refractivity (Wildman–Crippen MR) is 106 cm³/mol. The SMILES string of the molecule is Cc1nn(C(=O)CNc2cccc(Cl)c2C)c(C)c1Cc1ccccc1. The number of carbonyl (C=O) groups excluding carboxylic acids is 1. The second-order valence-electron chi connectivity index (χ2n) is 6.38. The van der Waals surface area contributed by atoms with E-state index in [9.17, 15) is 4.79 Å². The van der Waals surface area contributed by atoms with Crippen LogP contribution >= 0.6 is 11.6 Å². The Kier molecular flexibility index (Phi) is 5.43. The lowest BCUT2D eigenvalue weighted by Crippen LogP contribution is -2.23. The number of halogens is 1. The molecular formula is C21H22ClN3O. The van der Waals surface area contributed by atoms with Gasteiger partial charge < -0.3 is 5.32 Å². The van der Waals surface area contributed by atoms with Gasteiger partial charge in [0.2, 0.25) is 0 Å². The average molecular weight is 368 g/mol. The van der Waals surface area contributed by atoms with Crippen LogP contribution in [0.15, 0.2) is 48.5 Å². The summed E-state index contributed by atoms with van der Waals surface area (Å²) in [6.45, 7) is 5.98. The molecule has 0 saturated carbocycles. The van der Waals surface area contributed by atoms with E-state index in [1.807, 2.05) is 57.2 Å². The molecule has 0 spiro atoms. The number of rotatable bonds is 5. The van der Waals surface area contributed by atoms with Crippen LogP contribution in [0.3, 0.4) is 0 Å². The van der Waals surface area contributed by atoms with Crippen molar-refractivity contribution < 1.29 is 4.79 Å². The molecule has 0 aliphatic heterocycles. The van der Waals surface area contributed by atoms with Gasteiger partial charge >= 0.3 is 0 Å². The molecule has 0 aliphatic rings. The lowest BCUT2D eigenvalue weighted by molar-refractivity contribution is 0.0910. The monoisotopic (exact) mass is 367 g/mol. The van der Waals surface area contributed by atoms with Crippen LogP contribution < -0.4 is 5.32 Å². The van der Waals surface area contributed by atoms with Crippen LogP contribution in [0.2, 0.25) is 5.02 Å². The highest BCUT2D eigenvalue weighted by molar-refractivity contribution is 6.31. The van der Waals surface area contributed by atoms with E-state index >= 15 is 0 Å². The molecule has 1 heterocycles. The van der Waals surface area contributed by atoms with Crippen molar-refractivity contribution in [3.05, 3.63) is 81.6 Å². The van der Waals surface area contributed by atoms with Gasteiger partial charge in [-0.2, -0.15) is 5.10 Å². The van der Waals surface area contributed by atoms with E-state index in [-0.39, 0.29) is 12.5 Å².